The third-order valence-electron chi connectivity index (χ3n) is 3.34. The molecule has 0 bridgehead atoms. The van der Waals surface area contributed by atoms with Crippen molar-refractivity contribution in [1.29, 1.82) is 0 Å². The molecule has 0 unspecified atom stereocenters. The van der Waals surface area contributed by atoms with Gasteiger partial charge in [-0.2, -0.15) is 0 Å². The lowest BCUT2D eigenvalue weighted by atomic mass is 10.4. The Morgan fingerprint density at radius 3 is 1.78 bits per heavy atom. The van der Waals surface area contributed by atoms with Crippen LogP contribution in [0.15, 0.2) is 105 Å². The van der Waals surface area contributed by atoms with Gasteiger partial charge in [0.05, 0.1) is 20.6 Å². The summed E-state index contributed by atoms with van der Waals surface area (Å²) in [6.45, 7) is 0. The molecule has 0 aliphatic rings. The second-order valence-corrected chi connectivity index (χ2v) is 8.30. The third kappa shape index (κ3) is 3.25. The van der Waals surface area contributed by atoms with Crippen LogP contribution >= 0.6 is 0 Å². The Morgan fingerprint density at radius 1 is 0.609 bits per heavy atom. The van der Waals surface area contributed by atoms with Crippen molar-refractivity contribution < 1.29 is 12.6 Å². The van der Waals surface area contributed by atoms with E-state index >= 15 is 0 Å². The largest absolute Gasteiger partial charge is 0.249 e. The number of benzene rings is 3. The highest BCUT2D eigenvalue weighted by Crippen LogP contribution is 2.24. The van der Waals surface area contributed by atoms with Gasteiger partial charge in [0.25, 0.3) is 0 Å². The van der Waals surface area contributed by atoms with Crippen LogP contribution in [-0.4, -0.2) is 12.6 Å². The maximum Gasteiger partial charge on any atom is 0.206 e. The average Bonchev–Trinajstić information content (AvgIpc) is 2.62. The van der Waals surface area contributed by atoms with Gasteiger partial charge in [0.2, 0.25) is 9.84 Å². The van der Waals surface area contributed by atoms with Crippen molar-refractivity contribution >= 4 is 20.6 Å². The highest BCUT2D eigenvalue weighted by atomic mass is 32.2. The standard InChI is InChI=1S/C18H14O3S2/c19-22(15-8-3-1-4-9-15)16-10-7-13-18(14-16)23(20,21)17-11-5-2-6-12-17/h1-14H/t22-/m0/s1. The quantitative estimate of drug-likeness (QED) is 0.727. The van der Waals surface area contributed by atoms with E-state index in [1.165, 1.54) is 12.1 Å². The molecule has 0 N–H and O–H groups in total. The predicted molar refractivity (Wildman–Crippen MR) is 89.5 cm³/mol. The molecular weight excluding hydrogens is 328 g/mol. The Morgan fingerprint density at radius 2 is 1.13 bits per heavy atom. The summed E-state index contributed by atoms with van der Waals surface area (Å²) in [5.74, 6) is 0. The van der Waals surface area contributed by atoms with E-state index < -0.39 is 20.6 Å². The first kappa shape index (κ1) is 15.6. The van der Waals surface area contributed by atoms with Crippen LogP contribution in [0.4, 0.5) is 0 Å². The zero-order chi connectivity index (χ0) is 16.3. The first-order chi connectivity index (χ1) is 11.1. The molecule has 23 heavy (non-hydrogen) atoms. The molecule has 1 atom stereocenters. The van der Waals surface area contributed by atoms with Gasteiger partial charge in [-0.15, -0.1) is 0 Å². The summed E-state index contributed by atoms with van der Waals surface area (Å²) in [6, 6.07) is 23.5. The lowest BCUT2D eigenvalue weighted by Gasteiger charge is -2.07. The topological polar surface area (TPSA) is 51.2 Å². The van der Waals surface area contributed by atoms with Crippen LogP contribution in [0.5, 0.6) is 0 Å². The summed E-state index contributed by atoms with van der Waals surface area (Å²) in [6.07, 6.45) is 0. The molecule has 0 radical (unpaired) electrons. The fraction of sp³-hybridized carbons (Fsp3) is 0. The van der Waals surface area contributed by atoms with Crippen LogP contribution in [0.2, 0.25) is 0 Å². The van der Waals surface area contributed by atoms with Crippen molar-refractivity contribution in [3.63, 3.8) is 0 Å². The van der Waals surface area contributed by atoms with Gasteiger partial charge >= 0.3 is 0 Å². The minimum atomic E-state index is -3.61. The summed E-state index contributed by atoms with van der Waals surface area (Å²) >= 11 is 0. The van der Waals surface area contributed by atoms with E-state index in [0.29, 0.717) is 9.79 Å². The summed E-state index contributed by atoms with van der Waals surface area (Å²) < 4.78 is 37.9. The van der Waals surface area contributed by atoms with Gasteiger partial charge in [0.1, 0.15) is 0 Å². The van der Waals surface area contributed by atoms with Crippen LogP contribution in [-0.2, 0) is 20.6 Å². The Bertz CT molecular complexity index is 934. The van der Waals surface area contributed by atoms with Gasteiger partial charge in [0, 0.05) is 9.79 Å². The highest BCUT2D eigenvalue weighted by molar-refractivity contribution is 7.91. The second kappa shape index (κ2) is 6.48. The van der Waals surface area contributed by atoms with Crippen molar-refractivity contribution in [3.8, 4) is 0 Å². The van der Waals surface area contributed by atoms with Crippen molar-refractivity contribution in [2.24, 2.45) is 0 Å². The second-order valence-electron chi connectivity index (χ2n) is 4.87. The molecule has 0 aromatic heterocycles. The molecule has 116 valence electrons. The molecule has 0 saturated carbocycles. The highest BCUT2D eigenvalue weighted by Gasteiger charge is 2.18. The Labute approximate surface area is 138 Å². The van der Waals surface area contributed by atoms with Crippen LogP contribution in [0, 0.1) is 0 Å². The van der Waals surface area contributed by atoms with E-state index in [-0.39, 0.29) is 9.79 Å². The van der Waals surface area contributed by atoms with Gasteiger partial charge < -0.3 is 0 Å². The summed E-state index contributed by atoms with van der Waals surface area (Å²) in [4.78, 5) is 1.48. The van der Waals surface area contributed by atoms with E-state index in [4.69, 9.17) is 0 Å². The number of sulfone groups is 1. The van der Waals surface area contributed by atoms with E-state index in [1.807, 2.05) is 6.07 Å². The van der Waals surface area contributed by atoms with Crippen LogP contribution in [0.1, 0.15) is 0 Å². The molecule has 0 aliphatic carbocycles. The maximum atomic E-state index is 12.6. The number of hydrogen-bond donors (Lipinski definition) is 0. The molecule has 0 heterocycles. The molecular formula is C18H14O3S2. The van der Waals surface area contributed by atoms with Crippen LogP contribution < -0.4 is 0 Å². The predicted octanol–water partition coefficient (Wildman–Crippen LogP) is 3.69. The molecule has 0 spiro atoms. The molecule has 0 amide bonds. The summed E-state index contributed by atoms with van der Waals surface area (Å²) in [5, 5.41) is 0. The number of rotatable bonds is 4. The lowest BCUT2D eigenvalue weighted by Crippen LogP contribution is -2.03. The van der Waals surface area contributed by atoms with E-state index in [2.05, 4.69) is 0 Å². The van der Waals surface area contributed by atoms with Crippen LogP contribution in [0.3, 0.4) is 0 Å². The molecule has 3 aromatic rings. The lowest BCUT2D eigenvalue weighted by molar-refractivity contribution is 0.596. The van der Waals surface area contributed by atoms with Gasteiger partial charge in [-0.3, -0.25) is 0 Å². The van der Waals surface area contributed by atoms with Gasteiger partial charge in [-0.25, -0.2) is 12.6 Å². The van der Waals surface area contributed by atoms with E-state index in [1.54, 1.807) is 66.7 Å². The maximum absolute atomic E-state index is 12.6. The Kier molecular flexibility index (Phi) is 4.41. The van der Waals surface area contributed by atoms with Crippen molar-refractivity contribution in [2.75, 3.05) is 0 Å². The zero-order valence-corrected chi connectivity index (χ0v) is 13.8. The van der Waals surface area contributed by atoms with Gasteiger partial charge in [-0.1, -0.05) is 42.5 Å². The minimum absolute atomic E-state index is 0.144. The first-order valence-corrected chi connectivity index (χ1v) is 9.59. The minimum Gasteiger partial charge on any atom is -0.249 e. The molecule has 0 aliphatic heterocycles. The Hall–Kier alpha value is -2.24. The first-order valence-electron chi connectivity index (χ1n) is 6.96. The molecule has 5 heteroatoms. The van der Waals surface area contributed by atoms with Gasteiger partial charge in [-0.05, 0) is 42.5 Å². The molecule has 0 fully saturated rings. The van der Waals surface area contributed by atoms with E-state index in [9.17, 15) is 12.6 Å². The van der Waals surface area contributed by atoms with Gasteiger partial charge in [0.15, 0.2) is 0 Å². The van der Waals surface area contributed by atoms with Crippen molar-refractivity contribution in [1.82, 2.24) is 0 Å². The third-order valence-corrected chi connectivity index (χ3v) is 6.49. The number of hydrogen-bond acceptors (Lipinski definition) is 3. The fourth-order valence-electron chi connectivity index (χ4n) is 2.17. The SMILES string of the molecule is O=[S@@](c1ccccc1)c1cccc(S(=O)(=O)c2ccccc2)c1. The molecule has 3 nitrogen and oxygen atoms in total. The Balaban J connectivity index is 2.03. The zero-order valence-electron chi connectivity index (χ0n) is 12.1. The smallest absolute Gasteiger partial charge is 0.206 e. The monoisotopic (exact) mass is 342 g/mol. The fourth-order valence-corrected chi connectivity index (χ4v) is 4.69. The van der Waals surface area contributed by atoms with E-state index in [0.717, 1.165) is 0 Å². The summed E-state index contributed by atoms with van der Waals surface area (Å²) in [7, 11) is -5.02. The van der Waals surface area contributed by atoms with Crippen molar-refractivity contribution in [2.45, 2.75) is 19.6 Å². The normalized spacial score (nSPS) is 12.7. The molecule has 3 rings (SSSR count). The summed E-state index contributed by atoms with van der Waals surface area (Å²) in [5.41, 5.74) is 0. The molecule has 3 aromatic carbocycles. The van der Waals surface area contributed by atoms with Crippen LogP contribution in [0.25, 0.3) is 0 Å². The molecule has 0 saturated heterocycles. The van der Waals surface area contributed by atoms with Crippen molar-refractivity contribution in [3.05, 3.63) is 84.9 Å². The average molecular weight is 342 g/mol.